The number of aromatic hydroxyl groups is 1. The summed E-state index contributed by atoms with van der Waals surface area (Å²) in [5.74, 6) is -0.969. The molecule has 78 valence electrons. The van der Waals surface area contributed by atoms with E-state index in [1.54, 1.807) is 13.0 Å². The van der Waals surface area contributed by atoms with E-state index in [-0.39, 0.29) is 11.8 Å². The van der Waals surface area contributed by atoms with Crippen LogP contribution < -0.4 is 10.5 Å². The first-order chi connectivity index (χ1) is 6.56. The van der Waals surface area contributed by atoms with Crippen LogP contribution in [0.5, 0.6) is 11.5 Å². The molecule has 1 atom stereocenters. The second-order valence-corrected chi connectivity index (χ2v) is 3.27. The normalized spacial score (nSPS) is 12.6. The molecule has 1 rings (SSSR count). The summed E-state index contributed by atoms with van der Waals surface area (Å²) in [6.45, 7) is 1.78. The number of phenols is 1. The van der Waals surface area contributed by atoms with Crippen molar-refractivity contribution in [3.8, 4) is 11.5 Å². The molecule has 3 N–H and O–H groups in total. The van der Waals surface area contributed by atoms with Gasteiger partial charge in [-0.15, -0.1) is 0 Å². The van der Waals surface area contributed by atoms with Gasteiger partial charge in [-0.3, -0.25) is 0 Å². The molecule has 0 fully saturated rings. The summed E-state index contributed by atoms with van der Waals surface area (Å²) >= 11 is 0. The first-order valence-corrected chi connectivity index (χ1v) is 4.36. The second kappa shape index (κ2) is 4.28. The zero-order valence-electron chi connectivity index (χ0n) is 8.25. The first kappa shape index (κ1) is 10.8. The van der Waals surface area contributed by atoms with Gasteiger partial charge in [-0.25, -0.2) is 4.39 Å². The summed E-state index contributed by atoms with van der Waals surface area (Å²) in [5, 5.41) is 9.35. The molecule has 0 radical (unpaired) electrons. The van der Waals surface area contributed by atoms with Crippen molar-refractivity contribution in [2.45, 2.75) is 19.4 Å². The van der Waals surface area contributed by atoms with Crippen molar-refractivity contribution in [3.05, 3.63) is 23.5 Å². The van der Waals surface area contributed by atoms with Gasteiger partial charge in [0, 0.05) is 6.04 Å². The van der Waals surface area contributed by atoms with Crippen molar-refractivity contribution >= 4 is 0 Å². The maximum Gasteiger partial charge on any atom is 0.194 e. The van der Waals surface area contributed by atoms with E-state index >= 15 is 0 Å². The number of methoxy groups -OCH3 is 1. The molecule has 0 aliphatic heterocycles. The van der Waals surface area contributed by atoms with E-state index in [9.17, 15) is 9.50 Å². The highest BCUT2D eigenvalue weighted by Gasteiger charge is 2.13. The van der Waals surface area contributed by atoms with Crippen LogP contribution in [-0.4, -0.2) is 18.3 Å². The first-order valence-electron chi connectivity index (χ1n) is 4.36. The Morgan fingerprint density at radius 2 is 2.21 bits per heavy atom. The Balaban J connectivity index is 3.04. The molecule has 0 saturated heterocycles. The molecule has 1 unspecified atom stereocenters. The third-order valence-electron chi connectivity index (χ3n) is 1.92. The zero-order valence-corrected chi connectivity index (χ0v) is 8.25. The summed E-state index contributed by atoms with van der Waals surface area (Å²) in [5.41, 5.74) is 5.94. The summed E-state index contributed by atoms with van der Waals surface area (Å²) in [6, 6.07) is 2.95. The smallest absolute Gasteiger partial charge is 0.194 e. The molecule has 0 aliphatic rings. The van der Waals surface area contributed by atoms with Crippen molar-refractivity contribution in [2.24, 2.45) is 5.73 Å². The number of phenolic OH excluding ortho intramolecular Hbond substituents is 1. The molecular weight excluding hydrogens is 185 g/mol. The Morgan fingerprint density at radius 3 is 2.71 bits per heavy atom. The van der Waals surface area contributed by atoms with Gasteiger partial charge in [0.05, 0.1) is 7.11 Å². The Labute approximate surface area is 82.3 Å². The fourth-order valence-electron chi connectivity index (χ4n) is 1.26. The molecule has 0 spiro atoms. The number of hydrogen-bond acceptors (Lipinski definition) is 3. The summed E-state index contributed by atoms with van der Waals surface area (Å²) in [7, 11) is 1.37. The van der Waals surface area contributed by atoms with Crippen molar-refractivity contribution in [2.75, 3.05) is 7.11 Å². The topological polar surface area (TPSA) is 55.5 Å². The van der Waals surface area contributed by atoms with Gasteiger partial charge < -0.3 is 15.6 Å². The lowest BCUT2D eigenvalue weighted by Gasteiger charge is -2.10. The average Bonchev–Trinajstić information content (AvgIpc) is 2.13. The summed E-state index contributed by atoms with van der Waals surface area (Å²) in [6.07, 6.45) is 0.392. The van der Waals surface area contributed by atoms with Gasteiger partial charge in [0.25, 0.3) is 0 Å². The average molecular weight is 199 g/mol. The molecule has 1 aromatic carbocycles. The van der Waals surface area contributed by atoms with E-state index in [4.69, 9.17) is 10.5 Å². The van der Waals surface area contributed by atoms with E-state index < -0.39 is 11.6 Å². The van der Waals surface area contributed by atoms with Gasteiger partial charge in [-0.05, 0) is 25.0 Å². The van der Waals surface area contributed by atoms with Gasteiger partial charge >= 0.3 is 0 Å². The molecule has 0 bridgehead atoms. The molecule has 14 heavy (non-hydrogen) atoms. The van der Waals surface area contributed by atoms with Gasteiger partial charge in [0.2, 0.25) is 0 Å². The number of hydrogen-bond donors (Lipinski definition) is 2. The molecule has 0 aliphatic carbocycles. The van der Waals surface area contributed by atoms with Crippen LogP contribution in [0.3, 0.4) is 0 Å². The number of nitrogens with two attached hydrogens (primary N) is 1. The Morgan fingerprint density at radius 1 is 1.57 bits per heavy atom. The number of ether oxygens (including phenoxy) is 1. The van der Waals surface area contributed by atoms with Gasteiger partial charge in [0.1, 0.15) is 0 Å². The van der Waals surface area contributed by atoms with Crippen LogP contribution in [0.2, 0.25) is 0 Å². The predicted molar refractivity (Wildman–Crippen MR) is 52.0 cm³/mol. The van der Waals surface area contributed by atoms with Crippen LogP contribution in [0.25, 0.3) is 0 Å². The van der Waals surface area contributed by atoms with Gasteiger partial charge in [0.15, 0.2) is 17.3 Å². The maximum atomic E-state index is 13.4. The monoisotopic (exact) mass is 199 g/mol. The van der Waals surface area contributed by atoms with E-state index in [0.717, 1.165) is 0 Å². The quantitative estimate of drug-likeness (QED) is 0.774. The highest BCUT2D eigenvalue weighted by molar-refractivity contribution is 5.43. The minimum Gasteiger partial charge on any atom is -0.502 e. The molecule has 0 aromatic heterocycles. The second-order valence-electron chi connectivity index (χ2n) is 3.27. The van der Waals surface area contributed by atoms with Gasteiger partial charge in [-0.2, -0.15) is 0 Å². The number of halogens is 1. The lowest BCUT2D eigenvalue weighted by Crippen LogP contribution is -2.18. The highest BCUT2D eigenvalue weighted by atomic mass is 19.1. The molecule has 0 saturated carbocycles. The van der Waals surface area contributed by atoms with Crippen molar-refractivity contribution in [3.63, 3.8) is 0 Å². The lowest BCUT2D eigenvalue weighted by molar-refractivity contribution is 0.355. The standard InChI is InChI=1S/C10H14FNO2/c1-6(12)5-7-3-4-8(14-2)10(13)9(7)11/h3-4,6,13H,5,12H2,1-2H3. The van der Waals surface area contributed by atoms with Crippen LogP contribution in [0.1, 0.15) is 12.5 Å². The maximum absolute atomic E-state index is 13.4. The summed E-state index contributed by atoms with van der Waals surface area (Å²) < 4.78 is 18.2. The Kier molecular flexibility index (Phi) is 3.30. The van der Waals surface area contributed by atoms with Gasteiger partial charge in [-0.1, -0.05) is 6.07 Å². The zero-order chi connectivity index (χ0) is 10.7. The predicted octanol–water partition coefficient (Wildman–Crippen LogP) is 1.43. The minimum absolute atomic E-state index is 0.135. The van der Waals surface area contributed by atoms with Crippen LogP contribution in [0, 0.1) is 5.82 Å². The van der Waals surface area contributed by atoms with E-state index in [1.165, 1.54) is 13.2 Å². The van der Waals surface area contributed by atoms with Crippen LogP contribution >= 0.6 is 0 Å². The molecule has 0 heterocycles. The molecule has 1 aromatic rings. The van der Waals surface area contributed by atoms with E-state index in [0.29, 0.717) is 12.0 Å². The third-order valence-corrected chi connectivity index (χ3v) is 1.92. The fourth-order valence-corrected chi connectivity index (χ4v) is 1.26. The summed E-state index contributed by atoms with van der Waals surface area (Å²) in [4.78, 5) is 0. The van der Waals surface area contributed by atoms with Crippen LogP contribution in [0.15, 0.2) is 12.1 Å². The van der Waals surface area contributed by atoms with Crippen LogP contribution in [0.4, 0.5) is 4.39 Å². The minimum atomic E-state index is -0.651. The SMILES string of the molecule is COc1ccc(CC(C)N)c(F)c1O. The Hall–Kier alpha value is -1.29. The largest absolute Gasteiger partial charge is 0.502 e. The third kappa shape index (κ3) is 2.14. The fraction of sp³-hybridized carbons (Fsp3) is 0.400. The number of rotatable bonds is 3. The van der Waals surface area contributed by atoms with Crippen LogP contribution in [-0.2, 0) is 6.42 Å². The highest BCUT2D eigenvalue weighted by Crippen LogP contribution is 2.30. The van der Waals surface area contributed by atoms with Crippen molar-refractivity contribution in [1.82, 2.24) is 0 Å². The Bertz CT molecular complexity index is 326. The molecule has 0 amide bonds. The van der Waals surface area contributed by atoms with Crippen molar-refractivity contribution < 1.29 is 14.2 Å². The van der Waals surface area contributed by atoms with E-state index in [2.05, 4.69) is 0 Å². The molecule has 4 heteroatoms. The molecule has 3 nitrogen and oxygen atoms in total. The van der Waals surface area contributed by atoms with Crippen molar-refractivity contribution in [1.29, 1.82) is 0 Å². The molecular formula is C10H14FNO2. The van der Waals surface area contributed by atoms with E-state index in [1.807, 2.05) is 0 Å². The number of benzene rings is 1. The lowest BCUT2D eigenvalue weighted by atomic mass is 10.1.